The number of benzene rings is 5. The molecule has 0 radical (unpaired) electrons. The molecule has 3 atom stereocenters. The second-order valence-corrected chi connectivity index (χ2v) is 30.4. The number of aromatic nitrogens is 20. The lowest BCUT2D eigenvalue weighted by Gasteiger charge is -2.24. The normalized spacial score (nSPS) is 15.2. The average molecular weight is 1800 g/mol. The quantitative estimate of drug-likeness (QED) is 0.0213. The van der Waals surface area contributed by atoms with Gasteiger partial charge in [-0.1, -0.05) is 0 Å². The van der Waals surface area contributed by atoms with Gasteiger partial charge >= 0.3 is 23.9 Å². The lowest BCUT2D eigenvalue weighted by Crippen LogP contribution is -2.35. The number of hydrogen-bond acceptors (Lipinski definition) is 29. The van der Waals surface area contributed by atoms with Crippen LogP contribution >= 0.6 is 0 Å². The number of rotatable bonds is 27. The van der Waals surface area contributed by atoms with E-state index in [1.165, 1.54) is 31.6 Å². The zero-order valence-electron chi connectivity index (χ0n) is 72.1. The highest BCUT2D eigenvalue weighted by Crippen LogP contribution is 2.40. The summed E-state index contributed by atoms with van der Waals surface area (Å²) in [5, 5.41) is 39.9. The Labute approximate surface area is 746 Å². The first-order chi connectivity index (χ1) is 64.0. The van der Waals surface area contributed by atoms with E-state index in [9.17, 15) is 63.3 Å². The van der Waals surface area contributed by atoms with Crippen LogP contribution in [-0.4, -0.2) is 234 Å². The largest absolute Gasteiger partial charge is 0.493 e. The molecular formula is C88H93N25O19. The summed E-state index contributed by atoms with van der Waals surface area (Å²) in [7, 11) is 0. The Bertz CT molecular complexity index is 6920. The number of nitrogens with zero attached hydrogens (tertiary/aromatic N) is 14. The van der Waals surface area contributed by atoms with Crippen LogP contribution in [0.3, 0.4) is 0 Å². The fourth-order valence-corrected chi connectivity index (χ4v) is 15.9. The molecule has 0 saturated carbocycles. The number of imidazole rings is 5. The zero-order chi connectivity index (χ0) is 92.8. The second kappa shape index (κ2) is 40.6. The molecule has 19 rings (SSSR count). The van der Waals surface area contributed by atoms with Crippen molar-refractivity contribution in [2.24, 2.45) is 5.92 Å². The van der Waals surface area contributed by atoms with Crippen LogP contribution < -0.4 is 76.4 Å². The van der Waals surface area contributed by atoms with Crippen molar-refractivity contribution in [3.8, 4) is 85.7 Å². The van der Waals surface area contributed by atoms with E-state index >= 15 is 0 Å². The number of anilines is 5. The van der Waals surface area contributed by atoms with Crippen molar-refractivity contribution in [1.29, 1.82) is 0 Å². The van der Waals surface area contributed by atoms with Gasteiger partial charge in [-0.05, 0) is 140 Å². The first-order valence-electron chi connectivity index (χ1n) is 42.7. The van der Waals surface area contributed by atoms with E-state index < -0.39 is 36.0 Å². The van der Waals surface area contributed by atoms with E-state index in [1.807, 2.05) is 104 Å². The van der Waals surface area contributed by atoms with Crippen molar-refractivity contribution in [3.05, 3.63) is 174 Å². The molecule has 5 aromatic carbocycles. The molecule has 0 unspecified atom stereocenters. The van der Waals surface area contributed by atoms with Gasteiger partial charge in [-0.2, -0.15) is 0 Å². The number of hydrogen-bond donors (Lipinski definition) is 15. The molecule has 44 heteroatoms. The molecular weight excluding hydrogens is 1710 g/mol. The third-order valence-corrected chi connectivity index (χ3v) is 22.0. The molecule has 15 N–H and O–H groups in total. The van der Waals surface area contributed by atoms with Gasteiger partial charge in [-0.15, -0.1) is 0 Å². The number of nitrogens with one attached hydrogen (secondary N) is 11. The maximum absolute atomic E-state index is 12.2. The van der Waals surface area contributed by atoms with Gasteiger partial charge in [-0.25, -0.2) is 59.4 Å². The van der Waals surface area contributed by atoms with Crippen LogP contribution in [-0.2, 0) is 24.0 Å². The Balaban J connectivity index is 0.000000126. The van der Waals surface area contributed by atoms with E-state index in [-0.39, 0.29) is 46.0 Å². The number of carbonyl (C=O) groups excluding carboxylic acids is 1. The van der Waals surface area contributed by atoms with Gasteiger partial charge in [0.05, 0.1) is 98.4 Å². The average Bonchev–Trinajstić information content (AvgIpc) is 1.58. The predicted octanol–water partition coefficient (Wildman–Crippen LogP) is 8.98. The minimum atomic E-state index is -0.829. The fraction of sp³-hybridized carbons (Fsp3) is 0.318. The Morgan fingerprint density at radius 3 is 1.05 bits per heavy atom. The lowest BCUT2D eigenvalue weighted by atomic mass is 10.1. The minimum absolute atomic E-state index is 0.109. The SMILES string of the molecule is CCOc1cc(N2CCCC2=O)ccc1-c1nc2nc[nH]c2c(=O)[nH]1.CCOc1cc(N2CCC[C@@H]2C(=O)O)ccc1-c1nc2nc[nH]c2c(=O)[nH]1.CCOc1cc(N2CCC[C@H]2C(=O)O)ccc1-c1nc2nc[nH]c2c(=O)[nH]1.CCOc1cc(N2CC[C@H](C(=O)O)C2)ccc1-c1nc2nc[nH]c2c(=O)[nH]1.CCOc1cc(NCCCC(=O)O)ccc1-c1nc2nc[nH]c2c(=O)[nH]1. The first-order valence-corrected chi connectivity index (χ1v) is 42.7. The molecule has 0 bridgehead atoms. The summed E-state index contributed by atoms with van der Waals surface area (Å²) in [6, 6.07) is 26.2. The molecule has 4 fully saturated rings. The highest BCUT2D eigenvalue weighted by Gasteiger charge is 2.35. The number of amides is 1. The number of aromatic amines is 10. The molecule has 4 saturated heterocycles. The number of H-pyrrole nitrogens is 10. The van der Waals surface area contributed by atoms with Gasteiger partial charge in [0.1, 0.15) is 70.0 Å². The van der Waals surface area contributed by atoms with E-state index in [4.69, 9.17) is 28.8 Å². The van der Waals surface area contributed by atoms with Gasteiger partial charge in [0.15, 0.2) is 55.8 Å². The maximum Gasteiger partial charge on any atom is 0.326 e. The van der Waals surface area contributed by atoms with Crippen LogP contribution in [0.25, 0.3) is 113 Å². The van der Waals surface area contributed by atoms with Gasteiger partial charge in [-0.3, -0.25) is 38.4 Å². The van der Waals surface area contributed by atoms with Crippen LogP contribution in [0, 0.1) is 5.92 Å². The van der Waals surface area contributed by atoms with Crippen molar-refractivity contribution < 1.29 is 68.1 Å². The summed E-state index contributed by atoms with van der Waals surface area (Å²) < 4.78 is 28.7. The summed E-state index contributed by atoms with van der Waals surface area (Å²) in [6.07, 6.45) is 12.7. The maximum atomic E-state index is 12.2. The molecule has 4 aliphatic rings. The predicted molar refractivity (Wildman–Crippen MR) is 486 cm³/mol. The van der Waals surface area contributed by atoms with E-state index in [0.717, 1.165) is 47.7 Å². The number of fused-ring (bicyclic) bond motifs is 5. The molecule has 10 aromatic heterocycles. The monoisotopic (exact) mass is 1800 g/mol. The topological polar surface area (TPSA) is 610 Å². The molecule has 1 amide bonds. The van der Waals surface area contributed by atoms with Crippen LogP contribution in [0.2, 0.25) is 0 Å². The molecule has 684 valence electrons. The number of ether oxygens (including phenoxy) is 5. The van der Waals surface area contributed by atoms with Crippen LogP contribution in [0.15, 0.2) is 147 Å². The van der Waals surface area contributed by atoms with Crippen LogP contribution in [0.1, 0.15) is 92.4 Å². The minimum Gasteiger partial charge on any atom is -0.493 e. The number of carboxylic acid groups (broad SMARTS) is 4. The molecule has 4 aliphatic heterocycles. The Morgan fingerprint density at radius 2 is 0.727 bits per heavy atom. The Kier molecular flexibility index (Phi) is 27.7. The van der Waals surface area contributed by atoms with Crippen molar-refractivity contribution in [2.45, 2.75) is 104 Å². The first kappa shape index (κ1) is 90.2. The summed E-state index contributed by atoms with van der Waals surface area (Å²) in [5.41, 5.74) is 8.95. The Morgan fingerprint density at radius 1 is 0.394 bits per heavy atom. The zero-order valence-corrected chi connectivity index (χ0v) is 72.1. The van der Waals surface area contributed by atoms with Crippen molar-refractivity contribution in [3.63, 3.8) is 0 Å². The molecule has 15 aromatic rings. The lowest BCUT2D eigenvalue weighted by molar-refractivity contribution is -0.141. The van der Waals surface area contributed by atoms with Gasteiger partial charge in [0, 0.05) is 111 Å². The molecule has 132 heavy (non-hydrogen) atoms. The smallest absolute Gasteiger partial charge is 0.326 e. The van der Waals surface area contributed by atoms with E-state index in [2.05, 4.69) is 105 Å². The Hall–Kier alpha value is -16.6. The molecule has 0 spiro atoms. The third kappa shape index (κ3) is 20.0. The van der Waals surface area contributed by atoms with Crippen molar-refractivity contribution in [2.75, 3.05) is 97.2 Å². The molecule has 0 aliphatic carbocycles. The highest BCUT2D eigenvalue weighted by molar-refractivity contribution is 5.96. The van der Waals surface area contributed by atoms with Gasteiger partial charge in [0.2, 0.25) is 5.91 Å². The van der Waals surface area contributed by atoms with Crippen molar-refractivity contribution in [1.82, 2.24) is 99.7 Å². The van der Waals surface area contributed by atoms with Crippen LogP contribution in [0.4, 0.5) is 28.4 Å². The highest BCUT2D eigenvalue weighted by atomic mass is 16.5. The van der Waals surface area contributed by atoms with Crippen molar-refractivity contribution >= 4 is 114 Å². The molecule has 44 nitrogen and oxygen atoms in total. The summed E-state index contributed by atoms with van der Waals surface area (Å²) in [4.78, 5) is 195. The second-order valence-electron chi connectivity index (χ2n) is 30.4. The van der Waals surface area contributed by atoms with Gasteiger partial charge in [0.25, 0.3) is 27.8 Å². The van der Waals surface area contributed by atoms with E-state index in [1.54, 1.807) is 41.3 Å². The fourth-order valence-electron chi connectivity index (χ4n) is 15.9. The number of carboxylic acids is 4. The number of carbonyl (C=O) groups is 5. The number of aliphatic carboxylic acids is 4. The van der Waals surface area contributed by atoms with E-state index in [0.29, 0.717) is 246 Å². The summed E-state index contributed by atoms with van der Waals surface area (Å²) in [5.74, 6) is 1.11. The summed E-state index contributed by atoms with van der Waals surface area (Å²) in [6.45, 7) is 15.3. The van der Waals surface area contributed by atoms with Gasteiger partial charge < -0.3 is 119 Å². The summed E-state index contributed by atoms with van der Waals surface area (Å²) >= 11 is 0. The standard InChI is InChI=1S/3C18H19N5O4.C17H19N5O4.C17H17N5O3/c1-2-27-13-7-11(23-6-5-10(8-23)18(25)26)3-4-12(13)15-21-16-14(17(24)22-15)19-9-20-16;2*1-2-27-13-8-10(23-7-3-4-12(23)18(25)26)5-6-11(13)15-21-16-14(17(24)22-15)19-9-20-16;1-2-26-12-8-10(18-7-3-4-13(23)24)5-6-11(12)15-21-16-14(17(25)22-15)19-9-20-16;1-2-25-12-8-10(22-7-3-4-13(22)23)5-6-11(12)15-20-16-14(17(24)21-15)18-9-19-16/h3-4,7,9-10H,2,5-6,8H2,1H3,(H,25,26)(H2,19,20,21,22,24);2*5-6,8-9,12H,2-4,7H2,1H3,(H,25,26)(H2,19,20,21,22,24);5-6,8-9,18H,2-4,7H2,1H3,(H,23,24)(H2,19,20,21,22,25);5-6,8-9H,2-4,7H2,1H3,(H2,18,19,20,21,24)/t10-;2*12-;;/m010../s1. The van der Waals surface area contributed by atoms with Crippen LogP contribution in [0.5, 0.6) is 28.7 Å². The third-order valence-electron chi connectivity index (χ3n) is 22.0. The molecule has 14 heterocycles.